The zero-order valence-electron chi connectivity index (χ0n) is 11.3. The second-order valence-electron chi connectivity index (χ2n) is 4.30. The lowest BCUT2D eigenvalue weighted by molar-refractivity contribution is -0.116. The molecule has 110 valence electrons. The summed E-state index contributed by atoms with van der Waals surface area (Å²) in [5.41, 5.74) is -0.356. The van der Waals surface area contributed by atoms with Gasteiger partial charge in [0.25, 0.3) is 5.56 Å². The quantitative estimate of drug-likeness (QED) is 0.881. The fourth-order valence-electron chi connectivity index (χ4n) is 1.86. The van der Waals surface area contributed by atoms with Crippen LogP contribution < -0.4 is 10.9 Å². The van der Waals surface area contributed by atoms with Crippen LogP contribution in [0.4, 0.5) is 10.1 Å². The van der Waals surface area contributed by atoms with Gasteiger partial charge in [0.2, 0.25) is 5.91 Å². The Bertz CT molecular complexity index is 730. The maximum atomic E-state index is 13.5. The number of aromatic nitrogens is 2. The molecule has 0 aliphatic carbocycles. The number of rotatable bonds is 4. The first-order valence-corrected chi connectivity index (χ1v) is 6.69. The normalized spacial score (nSPS) is 10.4. The molecule has 0 aliphatic heterocycles. The van der Waals surface area contributed by atoms with Gasteiger partial charge in [0.15, 0.2) is 0 Å². The highest BCUT2D eigenvalue weighted by atomic mass is 35.5. The van der Waals surface area contributed by atoms with Crippen molar-refractivity contribution in [1.82, 2.24) is 9.55 Å². The van der Waals surface area contributed by atoms with E-state index in [0.717, 1.165) is 6.07 Å². The summed E-state index contributed by atoms with van der Waals surface area (Å²) in [5.74, 6) is -0.652. The molecule has 0 saturated heterocycles. The predicted molar refractivity (Wildman–Crippen MR) is 77.9 cm³/mol. The number of carbonyl (C=O) groups is 1. The van der Waals surface area contributed by atoms with Crippen molar-refractivity contribution >= 4 is 23.2 Å². The molecule has 0 saturated carbocycles. The number of para-hydroxylation sites is 1. The van der Waals surface area contributed by atoms with E-state index >= 15 is 0 Å². The predicted octanol–water partition coefficient (Wildman–Crippen LogP) is 2.24. The van der Waals surface area contributed by atoms with Crippen molar-refractivity contribution in [1.29, 1.82) is 0 Å². The lowest BCUT2D eigenvalue weighted by Gasteiger charge is -2.11. The van der Waals surface area contributed by atoms with Gasteiger partial charge in [-0.1, -0.05) is 30.7 Å². The van der Waals surface area contributed by atoms with Crippen LogP contribution in [0.5, 0.6) is 0 Å². The molecule has 1 aromatic heterocycles. The second kappa shape index (κ2) is 6.49. The summed E-state index contributed by atoms with van der Waals surface area (Å²) in [6.45, 7) is 1.55. The molecule has 2 aromatic rings. The maximum Gasteiger partial charge on any atom is 0.255 e. The minimum atomic E-state index is -0.539. The molecule has 7 heteroatoms. The van der Waals surface area contributed by atoms with Crippen molar-refractivity contribution in [2.45, 2.75) is 19.9 Å². The van der Waals surface area contributed by atoms with Crippen LogP contribution in [0.3, 0.4) is 0 Å². The summed E-state index contributed by atoms with van der Waals surface area (Å²) in [6, 6.07) is 6.94. The number of carbonyl (C=O) groups excluding carboxylic acids is 1. The number of nitrogens with zero attached hydrogens (tertiary/aromatic N) is 2. The molecule has 0 atom stereocenters. The number of amides is 1. The first-order valence-electron chi connectivity index (χ1n) is 6.32. The van der Waals surface area contributed by atoms with Crippen LogP contribution >= 0.6 is 11.6 Å². The third-order valence-corrected chi connectivity index (χ3v) is 3.02. The fourth-order valence-corrected chi connectivity index (χ4v) is 2.05. The molecule has 0 unspecified atom stereocenters. The minimum Gasteiger partial charge on any atom is -0.322 e. The van der Waals surface area contributed by atoms with Gasteiger partial charge in [-0.05, 0) is 12.1 Å². The zero-order chi connectivity index (χ0) is 15.4. The summed E-state index contributed by atoms with van der Waals surface area (Å²) in [4.78, 5) is 27.8. The van der Waals surface area contributed by atoms with E-state index in [4.69, 9.17) is 11.6 Å². The largest absolute Gasteiger partial charge is 0.322 e. The van der Waals surface area contributed by atoms with Gasteiger partial charge < -0.3 is 5.32 Å². The molecule has 1 heterocycles. The molecule has 0 fully saturated rings. The Morgan fingerprint density at radius 1 is 1.43 bits per heavy atom. The lowest BCUT2D eigenvalue weighted by atomic mass is 10.3. The highest BCUT2D eigenvalue weighted by Gasteiger charge is 2.12. The molecular weight excluding hydrogens is 297 g/mol. The summed E-state index contributed by atoms with van der Waals surface area (Å²) in [5, 5.41) is 2.50. The smallest absolute Gasteiger partial charge is 0.255 e. The van der Waals surface area contributed by atoms with Gasteiger partial charge in [0.05, 0.1) is 5.69 Å². The molecule has 0 aliphatic rings. The molecule has 1 N–H and O–H groups in total. The number of nitrogens with one attached hydrogen (secondary N) is 1. The zero-order valence-corrected chi connectivity index (χ0v) is 12.0. The molecule has 21 heavy (non-hydrogen) atoms. The molecule has 0 bridgehead atoms. The van der Waals surface area contributed by atoms with E-state index in [2.05, 4.69) is 10.3 Å². The fraction of sp³-hybridized carbons (Fsp3) is 0.214. The van der Waals surface area contributed by atoms with Crippen molar-refractivity contribution in [3.05, 3.63) is 57.5 Å². The van der Waals surface area contributed by atoms with Crippen LogP contribution in [0.2, 0.25) is 5.15 Å². The van der Waals surface area contributed by atoms with Gasteiger partial charge in [0, 0.05) is 12.5 Å². The molecule has 0 radical (unpaired) electrons. The number of anilines is 1. The molecule has 1 amide bonds. The Kier molecular flexibility index (Phi) is 4.70. The van der Waals surface area contributed by atoms with E-state index in [0.29, 0.717) is 12.2 Å². The first-order chi connectivity index (χ1) is 10.0. The minimum absolute atomic E-state index is 0.0653. The summed E-state index contributed by atoms with van der Waals surface area (Å²) >= 11 is 5.71. The van der Waals surface area contributed by atoms with E-state index in [1.54, 1.807) is 13.0 Å². The molecular formula is C14H13ClFN3O2. The topological polar surface area (TPSA) is 64.0 Å². The Morgan fingerprint density at radius 3 is 2.81 bits per heavy atom. The Balaban J connectivity index is 2.21. The van der Waals surface area contributed by atoms with Crippen LogP contribution in [0, 0.1) is 5.82 Å². The van der Waals surface area contributed by atoms with Gasteiger partial charge >= 0.3 is 0 Å². The van der Waals surface area contributed by atoms with Crippen molar-refractivity contribution in [2.24, 2.45) is 0 Å². The maximum absolute atomic E-state index is 13.5. The van der Waals surface area contributed by atoms with Crippen LogP contribution in [0.15, 0.2) is 35.1 Å². The molecule has 1 aromatic carbocycles. The highest BCUT2D eigenvalue weighted by Crippen LogP contribution is 2.12. The van der Waals surface area contributed by atoms with Crippen LogP contribution in [-0.2, 0) is 17.8 Å². The Hall–Kier alpha value is -2.21. The monoisotopic (exact) mass is 309 g/mol. The van der Waals surface area contributed by atoms with Gasteiger partial charge in [-0.25, -0.2) is 9.37 Å². The van der Waals surface area contributed by atoms with Crippen molar-refractivity contribution < 1.29 is 9.18 Å². The van der Waals surface area contributed by atoms with E-state index < -0.39 is 17.3 Å². The van der Waals surface area contributed by atoms with E-state index in [1.807, 2.05) is 0 Å². The summed E-state index contributed by atoms with van der Waals surface area (Å²) in [6.07, 6.45) is 0.447. The SMILES string of the molecule is CCc1nc(Cl)cc(=O)n1CC(=O)Nc1ccccc1F. The summed E-state index contributed by atoms with van der Waals surface area (Å²) in [7, 11) is 0. The van der Waals surface area contributed by atoms with Gasteiger partial charge in [-0.2, -0.15) is 0 Å². The number of hydrogen-bond donors (Lipinski definition) is 1. The van der Waals surface area contributed by atoms with Crippen molar-refractivity contribution in [2.75, 3.05) is 5.32 Å². The average molecular weight is 310 g/mol. The van der Waals surface area contributed by atoms with E-state index in [9.17, 15) is 14.0 Å². The van der Waals surface area contributed by atoms with Crippen LogP contribution in [0.1, 0.15) is 12.7 Å². The van der Waals surface area contributed by atoms with Crippen LogP contribution in [-0.4, -0.2) is 15.5 Å². The average Bonchev–Trinajstić information content (AvgIpc) is 2.44. The standard InChI is InChI=1S/C14H13ClFN3O2/c1-2-12-18-11(15)7-14(21)19(12)8-13(20)17-10-6-4-3-5-9(10)16/h3-7H,2,8H2,1H3,(H,17,20). The van der Waals surface area contributed by atoms with Crippen LogP contribution in [0.25, 0.3) is 0 Å². The number of halogens is 2. The van der Waals surface area contributed by atoms with Crippen molar-refractivity contribution in [3.63, 3.8) is 0 Å². The first kappa shape index (κ1) is 15.2. The highest BCUT2D eigenvalue weighted by molar-refractivity contribution is 6.29. The van der Waals surface area contributed by atoms with Gasteiger partial charge in [0.1, 0.15) is 23.3 Å². The molecule has 2 rings (SSSR count). The Morgan fingerprint density at radius 2 is 2.14 bits per heavy atom. The summed E-state index contributed by atoms with van der Waals surface area (Å²) < 4.78 is 14.7. The van der Waals surface area contributed by atoms with E-state index in [1.165, 1.54) is 22.8 Å². The molecule has 5 nitrogen and oxygen atoms in total. The Labute approximate surface area is 125 Å². The van der Waals surface area contributed by atoms with Gasteiger partial charge in [-0.15, -0.1) is 0 Å². The van der Waals surface area contributed by atoms with E-state index in [-0.39, 0.29) is 17.4 Å². The van der Waals surface area contributed by atoms with Crippen molar-refractivity contribution in [3.8, 4) is 0 Å². The number of aryl methyl sites for hydroxylation is 1. The third-order valence-electron chi connectivity index (χ3n) is 2.82. The third kappa shape index (κ3) is 3.66. The number of benzene rings is 1. The molecule has 0 spiro atoms. The number of hydrogen-bond acceptors (Lipinski definition) is 3. The lowest BCUT2D eigenvalue weighted by Crippen LogP contribution is -2.30. The second-order valence-corrected chi connectivity index (χ2v) is 4.69. The van der Waals surface area contributed by atoms with Gasteiger partial charge in [-0.3, -0.25) is 14.2 Å².